The minimum absolute atomic E-state index is 0.0698. The first kappa shape index (κ1) is 14.9. The molecule has 1 rings (SSSR count). The molecule has 3 N–H and O–H groups in total. The molecule has 1 aromatic carbocycles. The Labute approximate surface area is 107 Å². The van der Waals surface area contributed by atoms with Gasteiger partial charge in [-0.25, -0.2) is 0 Å². The van der Waals surface area contributed by atoms with Gasteiger partial charge in [0, 0.05) is 5.56 Å². The second kappa shape index (κ2) is 6.66. The van der Waals surface area contributed by atoms with Gasteiger partial charge in [0.05, 0.1) is 13.1 Å². The first-order valence-corrected chi connectivity index (χ1v) is 5.22. The molecule has 0 radical (unpaired) electrons. The summed E-state index contributed by atoms with van der Waals surface area (Å²) in [5, 5.41) is 2.41. The smallest absolute Gasteiger partial charge is 0.406 e. The molecule has 0 aromatic heterocycles. The third kappa shape index (κ3) is 6.33. The van der Waals surface area contributed by atoms with Crippen LogP contribution in [0.2, 0.25) is 0 Å². The van der Waals surface area contributed by atoms with Gasteiger partial charge in [-0.3, -0.25) is 4.79 Å². The minimum Gasteiger partial charge on any atom is -0.406 e. The maximum absolute atomic E-state index is 12.0. The number of carbonyl (C=O) groups excluding carboxylic acids is 1. The van der Waals surface area contributed by atoms with E-state index in [4.69, 9.17) is 5.73 Å². The highest BCUT2D eigenvalue weighted by molar-refractivity contribution is 5.77. The van der Waals surface area contributed by atoms with Crippen molar-refractivity contribution >= 4 is 5.91 Å². The van der Waals surface area contributed by atoms with Crippen molar-refractivity contribution < 1.29 is 22.7 Å². The van der Waals surface area contributed by atoms with Crippen LogP contribution in [0.25, 0.3) is 0 Å². The largest absolute Gasteiger partial charge is 0.573 e. The quantitative estimate of drug-likeness (QED) is 0.807. The number of rotatable bonds is 3. The van der Waals surface area contributed by atoms with Crippen LogP contribution in [0.3, 0.4) is 0 Å². The molecule has 0 aliphatic heterocycles. The lowest BCUT2D eigenvalue weighted by Gasteiger charge is -2.08. The molecule has 0 fully saturated rings. The molecule has 0 aliphatic rings. The van der Waals surface area contributed by atoms with Crippen LogP contribution >= 0.6 is 0 Å². The summed E-state index contributed by atoms with van der Waals surface area (Å²) >= 11 is 0. The van der Waals surface area contributed by atoms with Crippen LogP contribution < -0.4 is 15.8 Å². The average molecular weight is 272 g/mol. The average Bonchev–Trinajstić information content (AvgIpc) is 2.32. The highest BCUT2D eigenvalue weighted by Gasteiger charge is 2.30. The Morgan fingerprint density at radius 1 is 1.42 bits per heavy atom. The third-order valence-corrected chi connectivity index (χ3v) is 1.86. The van der Waals surface area contributed by atoms with Gasteiger partial charge in [-0.15, -0.1) is 13.2 Å². The Morgan fingerprint density at radius 3 is 2.79 bits per heavy atom. The molecule has 0 bridgehead atoms. The Morgan fingerprint density at radius 2 is 2.16 bits per heavy atom. The lowest BCUT2D eigenvalue weighted by Crippen LogP contribution is -2.30. The molecule has 0 spiro atoms. The van der Waals surface area contributed by atoms with E-state index in [9.17, 15) is 18.0 Å². The van der Waals surface area contributed by atoms with Gasteiger partial charge < -0.3 is 15.8 Å². The van der Waals surface area contributed by atoms with Crippen LogP contribution in [-0.2, 0) is 4.79 Å². The number of hydrogen-bond donors (Lipinski definition) is 2. The highest BCUT2D eigenvalue weighted by atomic mass is 19.4. The molecule has 0 unspecified atom stereocenters. The number of hydrogen-bond acceptors (Lipinski definition) is 3. The number of nitrogens with one attached hydrogen (secondary N) is 1. The number of benzene rings is 1. The molecule has 0 saturated heterocycles. The van der Waals surface area contributed by atoms with Gasteiger partial charge in [-0.2, -0.15) is 0 Å². The van der Waals surface area contributed by atoms with E-state index in [1.165, 1.54) is 18.2 Å². The number of carbonyl (C=O) groups is 1. The van der Waals surface area contributed by atoms with E-state index in [0.29, 0.717) is 5.56 Å². The minimum atomic E-state index is -4.73. The fourth-order valence-electron chi connectivity index (χ4n) is 1.13. The molecule has 0 heterocycles. The van der Waals surface area contributed by atoms with Crippen LogP contribution in [0.5, 0.6) is 5.75 Å². The second-order valence-electron chi connectivity index (χ2n) is 3.36. The van der Waals surface area contributed by atoms with E-state index >= 15 is 0 Å². The second-order valence-corrected chi connectivity index (χ2v) is 3.36. The maximum Gasteiger partial charge on any atom is 0.573 e. The third-order valence-electron chi connectivity index (χ3n) is 1.86. The zero-order chi connectivity index (χ0) is 14.3. The molecule has 1 amide bonds. The molecule has 1 aromatic rings. The van der Waals surface area contributed by atoms with Gasteiger partial charge in [-0.1, -0.05) is 17.9 Å². The van der Waals surface area contributed by atoms with E-state index in [0.717, 1.165) is 6.07 Å². The molecule has 0 atom stereocenters. The summed E-state index contributed by atoms with van der Waals surface area (Å²) in [6, 6.07) is 5.25. The van der Waals surface area contributed by atoms with Gasteiger partial charge in [-0.05, 0) is 18.2 Å². The monoisotopic (exact) mass is 272 g/mol. The fraction of sp³-hybridized carbons (Fsp3) is 0.250. The van der Waals surface area contributed by atoms with Crippen molar-refractivity contribution in [2.45, 2.75) is 6.36 Å². The van der Waals surface area contributed by atoms with Crippen molar-refractivity contribution in [3.8, 4) is 17.6 Å². The summed E-state index contributed by atoms with van der Waals surface area (Å²) < 4.78 is 39.7. The van der Waals surface area contributed by atoms with Crippen LogP contribution in [-0.4, -0.2) is 25.4 Å². The van der Waals surface area contributed by atoms with Crippen molar-refractivity contribution in [1.82, 2.24) is 5.32 Å². The highest BCUT2D eigenvalue weighted by Crippen LogP contribution is 2.22. The zero-order valence-electron chi connectivity index (χ0n) is 9.75. The first-order chi connectivity index (χ1) is 8.90. The van der Waals surface area contributed by atoms with Gasteiger partial charge in [0.15, 0.2) is 0 Å². The number of ether oxygens (including phenoxy) is 1. The van der Waals surface area contributed by atoms with Gasteiger partial charge in [0.1, 0.15) is 5.75 Å². The van der Waals surface area contributed by atoms with Crippen molar-refractivity contribution in [3.05, 3.63) is 29.8 Å². The van der Waals surface area contributed by atoms with Gasteiger partial charge in [0.25, 0.3) is 0 Å². The molecule has 19 heavy (non-hydrogen) atoms. The van der Waals surface area contributed by atoms with Crippen molar-refractivity contribution in [2.24, 2.45) is 5.73 Å². The first-order valence-electron chi connectivity index (χ1n) is 5.22. The van der Waals surface area contributed by atoms with Gasteiger partial charge >= 0.3 is 6.36 Å². The number of halogens is 3. The predicted molar refractivity (Wildman–Crippen MR) is 62.1 cm³/mol. The zero-order valence-corrected chi connectivity index (χ0v) is 9.75. The maximum atomic E-state index is 12.0. The summed E-state index contributed by atoms with van der Waals surface area (Å²) in [5.41, 5.74) is 5.41. The van der Waals surface area contributed by atoms with E-state index in [1.807, 2.05) is 0 Å². The Hall–Kier alpha value is -2.20. The van der Waals surface area contributed by atoms with E-state index in [-0.39, 0.29) is 24.7 Å². The fourth-order valence-corrected chi connectivity index (χ4v) is 1.13. The van der Waals surface area contributed by atoms with E-state index < -0.39 is 6.36 Å². The number of nitrogens with two attached hydrogens (primary N) is 1. The SMILES string of the molecule is NCC(=O)NCC#Cc1cccc(OC(F)(F)F)c1. The molecule has 0 saturated carbocycles. The molecule has 7 heteroatoms. The Kier molecular flexibility index (Phi) is 5.21. The Bertz CT molecular complexity index is 504. The van der Waals surface area contributed by atoms with Crippen LogP contribution in [0, 0.1) is 11.8 Å². The summed E-state index contributed by atoms with van der Waals surface area (Å²) in [7, 11) is 0. The van der Waals surface area contributed by atoms with Crippen LogP contribution in [0.4, 0.5) is 13.2 Å². The Balaban J connectivity index is 2.62. The molecule has 0 aliphatic carbocycles. The molecule has 4 nitrogen and oxygen atoms in total. The van der Waals surface area contributed by atoms with Crippen LogP contribution in [0.15, 0.2) is 24.3 Å². The predicted octanol–water partition coefficient (Wildman–Crippen LogP) is 1.01. The summed E-state index contributed by atoms with van der Waals surface area (Å²) in [6.45, 7) is -0.0724. The van der Waals surface area contributed by atoms with Crippen LogP contribution in [0.1, 0.15) is 5.56 Å². The van der Waals surface area contributed by atoms with Crippen molar-refractivity contribution in [3.63, 3.8) is 0 Å². The number of amides is 1. The topological polar surface area (TPSA) is 64.4 Å². The summed E-state index contributed by atoms with van der Waals surface area (Å²) in [4.78, 5) is 10.8. The molecule has 102 valence electrons. The summed E-state index contributed by atoms with van der Waals surface area (Å²) in [5.74, 6) is 4.48. The van der Waals surface area contributed by atoms with Crippen molar-refractivity contribution in [1.29, 1.82) is 0 Å². The number of alkyl halides is 3. The standard InChI is InChI=1S/C12H11F3N2O2/c13-12(14,15)19-10-5-1-3-9(7-10)4-2-6-17-11(18)8-16/h1,3,5,7H,6,8,16H2,(H,17,18). The van der Waals surface area contributed by atoms with E-state index in [2.05, 4.69) is 21.9 Å². The lowest BCUT2D eigenvalue weighted by atomic mass is 10.2. The summed E-state index contributed by atoms with van der Waals surface area (Å²) in [6.07, 6.45) is -4.73. The van der Waals surface area contributed by atoms with E-state index in [1.54, 1.807) is 0 Å². The lowest BCUT2D eigenvalue weighted by molar-refractivity contribution is -0.274. The van der Waals surface area contributed by atoms with Gasteiger partial charge in [0.2, 0.25) is 5.91 Å². The normalized spacial score (nSPS) is 10.3. The molecular formula is C12H11F3N2O2. The van der Waals surface area contributed by atoms with Crippen molar-refractivity contribution in [2.75, 3.05) is 13.1 Å². The molecular weight excluding hydrogens is 261 g/mol.